The van der Waals surface area contributed by atoms with Crippen LogP contribution < -0.4 is 5.32 Å². The second-order valence-electron chi connectivity index (χ2n) is 4.37. The molecule has 1 N–H and O–H groups in total. The van der Waals surface area contributed by atoms with Crippen molar-refractivity contribution >= 4 is 11.3 Å². The van der Waals surface area contributed by atoms with Crippen molar-refractivity contribution < 1.29 is 4.74 Å². The highest BCUT2D eigenvalue weighted by molar-refractivity contribution is 7.09. The lowest BCUT2D eigenvalue weighted by atomic mass is 10.1. The number of morpholine rings is 1. The number of hydrogen-bond acceptors (Lipinski definition) is 5. The first kappa shape index (κ1) is 13.0. The van der Waals surface area contributed by atoms with Gasteiger partial charge in [-0.1, -0.05) is 6.92 Å². The predicted molar refractivity (Wildman–Crippen MR) is 70.5 cm³/mol. The highest BCUT2D eigenvalue weighted by Gasteiger charge is 2.34. The van der Waals surface area contributed by atoms with Gasteiger partial charge in [-0.15, -0.1) is 11.3 Å². The summed E-state index contributed by atoms with van der Waals surface area (Å²) in [6.07, 6.45) is 0.208. The first-order valence-corrected chi connectivity index (χ1v) is 7.06. The third-order valence-electron chi connectivity index (χ3n) is 3.16. The van der Waals surface area contributed by atoms with Gasteiger partial charge in [-0.3, -0.25) is 4.90 Å². The number of likely N-dealkylation sites (N-methyl/N-ethyl adjacent to an activating group) is 2. The molecule has 1 aliphatic heterocycles. The molecule has 0 amide bonds. The Hall–Kier alpha value is -0.490. The first-order chi connectivity index (χ1) is 8.26. The second-order valence-corrected chi connectivity index (χ2v) is 5.26. The molecule has 17 heavy (non-hydrogen) atoms. The maximum atomic E-state index is 5.89. The molecule has 0 bridgehead atoms. The minimum atomic E-state index is 0.208. The summed E-state index contributed by atoms with van der Waals surface area (Å²) in [5.41, 5.74) is 1.11. The highest BCUT2D eigenvalue weighted by atomic mass is 32.1. The predicted octanol–water partition coefficient (Wildman–Crippen LogP) is 1.43. The molecule has 1 aromatic rings. The van der Waals surface area contributed by atoms with Gasteiger partial charge in [0.1, 0.15) is 5.01 Å². The van der Waals surface area contributed by atoms with Crippen molar-refractivity contribution in [1.82, 2.24) is 15.2 Å². The third-order valence-corrected chi connectivity index (χ3v) is 4.19. The summed E-state index contributed by atoms with van der Waals surface area (Å²) in [4.78, 5) is 7.10. The van der Waals surface area contributed by atoms with Crippen LogP contribution in [0, 0.1) is 6.92 Å². The molecule has 0 saturated carbocycles. The maximum absolute atomic E-state index is 5.89. The van der Waals surface area contributed by atoms with E-state index in [4.69, 9.17) is 4.74 Å². The topological polar surface area (TPSA) is 37.4 Å². The zero-order valence-corrected chi connectivity index (χ0v) is 11.6. The molecule has 1 saturated heterocycles. The summed E-state index contributed by atoms with van der Waals surface area (Å²) >= 11 is 1.74. The van der Waals surface area contributed by atoms with Crippen molar-refractivity contribution in [3.05, 3.63) is 16.1 Å². The van der Waals surface area contributed by atoms with E-state index in [0.717, 1.165) is 31.9 Å². The number of nitrogens with one attached hydrogen (secondary N) is 1. The van der Waals surface area contributed by atoms with Gasteiger partial charge in [-0.25, -0.2) is 4.98 Å². The highest BCUT2D eigenvalue weighted by Crippen LogP contribution is 2.31. The summed E-state index contributed by atoms with van der Waals surface area (Å²) in [5.74, 6) is 0. The third kappa shape index (κ3) is 2.85. The van der Waals surface area contributed by atoms with Crippen LogP contribution in [0.25, 0.3) is 0 Å². The van der Waals surface area contributed by atoms with E-state index in [1.807, 2.05) is 14.0 Å². The van der Waals surface area contributed by atoms with E-state index in [-0.39, 0.29) is 6.10 Å². The van der Waals surface area contributed by atoms with Crippen LogP contribution in [0.3, 0.4) is 0 Å². The Labute approximate surface area is 107 Å². The molecular formula is C12H21N3OS. The molecule has 1 aliphatic rings. The van der Waals surface area contributed by atoms with Crippen LogP contribution in [0.1, 0.15) is 23.7 Å². The van der Waals surface area contributed by atoms with Gasteiger partial charge in [-0.05, 0) is 20.5 Å². The van der Waals surface area contributed by atoms with Crippen LogP contribution in [0.15, 0.2) is 5.38 Å². The van der Waals surface area contributed by atoms with Crippen LogP contribution in [-0.2, 0) is 4.74 Å². The maximum Gasteiger partial charge on any atom is 0.113 e. The quantitative estimate of drug-likeness (QED) is 0.883. The molecule has 4 nitrogen and oxygen atoms in total. The van der Waals surface area contributed by atoms with E-state index in [0.29, 0.717) is 6.04 Å². The molecule has 0 aromatic carbocycles. The van der Waals surface area contributed by atoms with E-state index in [1.165, 1.54) is 5.01 Å². The average molecular weight is 255 g/mol. The number of nitrogens with zero attached hydrogens (tertiary/aromatic N) is 2. The molecule has 96 valence electrons. The van der Waals surface area contributed by atoms with Gasteiger partial charge in [-0.2, -0.15) is 0 Å². The Morgan fingerprint density at radius 1 is 1.65 bits per heavy atom. The molecule has 2 unspecified atom stereocenters. The van der Waals surface area contributed by atoms with Crippen LogP contribution in [-0.4, -0.2) is 49.3 Å². The molecule has 1 fully saturated rings. The average Bonchev–Trinajstić information content (AvgIpc) is 2.75. The van der Waals surface area contributed by atoms with Gasteiger partial charge in [0, 0.05) is 24.2 Å². The molecule has 0 aliphatic carbocycles. The minimum absolute atomic E-state index is 0.208. The van der Waals surface area contributed by atoms with Crippen molar-refractivity contribution in [3.8, 4) is 0 Å². The number of hydrogen-bond donors (Lipinski definition) is 1. The molecule has 0 radical (unpaired) electrons. The van der Waals surface area contributed by atoms with Crippen molar-refractivity contribution in [2.75, 3.05) is 33.3 Å². The Morgan fingerprint density at radius 3 is 3.06 bits per heavy atom. The van der Waals surface area contributed by atoms with Crippen LogP contribution in [0.5, 0.6) is 0 Å². The summed E-state index contributed by atoms with van der Waals surface area (Å²) in [5, 5.41) is 6.52. The lowest BCUT2D eigenvalue weighted by Crippen LogP contribution is -2.48. The second kappa shape index (κ2) is 5.91. The zero-order chi connectivity index (χ0) is 12.3. The lowest BCUT2D eigenvalue weighted by molar-refractivity contribution is -0.0687. The number of rotatable bonds is 4. The van der Waals surface area contributed by atoms with Gasteiger partial charge in [0.05, 0.1) is 18.8 Å². The molecular weight excluding hydrogens is 234 g/mol. The standard InChI is InChI=1S/C12H21N3OS/c1-4-15-5-6-16-10(7-13-3)11(15)12-14-9(2)8-17-12/h8,10-11,13H,4-7H2,1-3H3. The molecule has 5 heteroatoms. The minimum Gasteiger partial charge on any atom is -0.373 e. The van der Waals surface area contributed by atoms with Crippen molar-refractivity contribution in [2.24, 2.45) is 0 Å². The van der Waals surface area contributed by atoms with Crippen LogP contribution in [0.4, 0.5) is 0 Å². The molecule has 0 spiro atoms. The van der Waals surface area contributed by atoms with Gasteiger partial charge in [0.15, 0.2) is 0 Å². The summed E-state index contributed by atoms with van der Waals surface area (Å²) < 4.78 is 5.89. The molecule has 2 atom stereocenters. The molecule has 2 heterocycles. The SMILES string of the molecule is CCN1CCOC(CNC)C1c1nc(C)cs1. The number of aryl methyl sites for hydroxylation is 1. The number of thiazole rings is 1. The van der Waals surface area contributed by atoms with Crippen molar-refractivity contribution in [3.63, 3.8) is 0 Å². The van der Waals surface area contributed by atoms with E-state index in [9.17, 15) is 0 Å². The number of ether oxygens (including phenoxy) is 1. The van der Waals surface area contributed by atoms with E-state index >= 15 is 0 Å². The van der Waals surface area contributed by atoms with Gasteiger partial charge in [0.2, 0.25) is 0 Å². The zero-order valence-electron chi connectivity index (χ0n) is 10.8. The fourth-order valence-corrected chi connectivity index (χ4v) is 3.32. The number of aromatic nitrogens is 1. The molecule has 2 rings (SSSR count). The van der Waals surface area contributed by atoms with E-state index < -0.39 is 0 Å². The van der Waals surface area contributed by atoms with E-state index in [2.05, 4.69) is 27.5 Å². The Kier molecular flexibility index (Phi) is 4.50. The fraction of sp³-hybridized carbons (Fsp3) is 0.750. The monoisotopic (exact) mass is 255 g/mol. The Balaban J connectivity index is 2.21. The lowest BCUT2D eigenvalue weighted by Gasteiger charge is -2.39. The molecule has 1 aromatic heterocycles. The van der Waals surface area contributed by atoms with Gasteiger partial charge < -0.3 is 10.1 Å². The normalized spacial score (nSPS) is 26.3. The van der Waals surface area contributed by atoms with Gasteiger partial charge in [0.25, 0.3) is 0 Å². The van der Waals surface area contributed by atoms with Crippen LogP contribution in [0.2, 0.25) is 0 Å². The Morgan fingerprint density at radius 2 is 2.47 bits per heavy atom. The fourth-order valence-electron chi connectivity index (χ4n) is 2.34. The summed E-state index contributed by atoms with van der Waals surface area (Å²) in [6, 6.07) is 0.305. The van der Waals surface area contributed by atoms with Crippen molar-refractivity contribution in [2.45, 2.75) is 26.0 Å². The largest absolute Gasteiger partial charge is 0.373 e. The van der Waals surface area contributed by atoms with E-state index in [1.54, 1.807) is 11.3 Å². The van der Waals surface area contributed by atoms with Crippen LogP contribution >= 0.6 is 11.3 Å². The van der Waals surface area contributed by atoms with Gasteiger partial charge >= 0.3 is 0 Å². The first-order valence-electron chi connectivity index (χ1n) is 6.18. The summed E-state index contributed by atoms with van der Waals surface area (Å²) in [6.45, 7) is 8.00. The summed E-state index contributed by atoms with van der Waals surface area (Å²) in [7, 11) is 1.97. The van der Waals surface area contributed by atoms with Crippen molar-refractivity contribution in [1.29, 1.82) is 0 Å². The smallest absolute Gasteiger partial charge is 0.113 e. The Bertz CT molecular complexity index is 353.